The van der Waals surface area contributed by atoms with E-state index in [1.807, 2.05) is 0 Å². The molecule has 0 aromatic carbocycles. The number of rotatable bonds is 8. The van der Waals surface area contributed by atoms with Gasteiger partial charge in [0.15, 0.2) is 0 Å². The summed E-state index contributed by atoms with van der Waals surface area (Å²) >= 11 is 0. The summed E-state index contributed by atoms with van der Waals surface area (Å²) in [7, 11) is 0. The van der Waals surface area contributed by atoms with Crippen LogP contribution in [0.15, 0.2) is 0 Å². The van der Waals surface area contributed by atoms with Gasteiger partial charge in [-0.15, -0.1) is 0 Å². The van der Waals surface area contributed by atoms with Crippen LogP contribution in [0, 0.1) is 0 Å². The highest BCUT2D eigenvalue weighted by Gasteiger charge is 1.84. The zero-order valence-corrected chi connectivity index (χ0v) is 10.7. The molecule has 0 heterocycles. The first-order chi connectivity index (χ1) is 8.56. The van der Waals surface area contributed by atoms with Gasteiger partial charge < -0.3 is 30.6 Å². The van der Waals surface area contributed by atoms with Crippen molar-refractivity contribution in [2.24, 2.45) is 0 Å². The summed E-state index contributed by atoms with van der Waals surface area (Å²) in [6.45, 7) is 0.956. The molecule has 0 fully saturated rings. The van der Waals surface area contributed by atoms with Crippen molar-refractivity contribution >= 4 is 6.16 Å². The summed E-state index contributed by atoms with van der Waals surface area (Å²) < 4.78 is 0. The number of hydrogen-bond acceptors (Lipinski definition) is 5. The molecule has 7 heteroatoms. The van der Waals surface area contributed by atoms with E-state index in [1.165, 1.54) is 0 Å². The zero-order valence-electron chi connectivity index (χ0n) is 10.7. The van der Waals surface area contributed by atoms with Crippen LogP contribution >= 0.6 is 0 Å². The zero-order chi connectivity index (χ0) is 14.6. The number of aliphatic hydroxyl groups excluding tert-OH is 4. The molecule has 0 aromatic rings. The lowest BCUT2D eigenvalue weighted by Gasteiger charge is -1.93. The molecule has 0 radical (unpaired) electrons. The molecule has 0 aliphatic rings. The van der Waals surface area contributed by atoms with E-state index in [-0.39, 0.29) is 26.4 Å². The van der Waals surface area contributed by atoms with E-state index in [1.54, 1.807) is 0 Å². The van der Waals surface area contributed by atoms with Gasteiger partial charge in [-0.3, -0.25) is 0 Å². The van der Waals surface area contributed by atoms with Crippen LogP contribution in [0.2, 0.25) is 0 Å². The van der Waals surface area contributed by atoms with Gasteiger partial charge in [0.2, 0.25) is 0 Å². The number of carboxylic acid groups (broad SMARTS) is 2. The van der Waals surface area contributed by atoms with E-state index in [2.05, 4.69) is 0 Å². The predicted octanol–water partition coefficient (Wildman–Crippen LogP) is 0.505. The molecule has 0 spiro atoms. The Morgan fingerprint density at radius 2 is 0.722 bits per heavy atom. The molecular weight excluding hydrogens is 244 g/mol. The van der Waals surface area contributed by atoms with Crippen LogP contribution in [-0.2, 0) is 0 Å². The number of unbranched alkanes of at least 4 members (excludes halogenated alkanes) is 4. The van der Waals surface area contributed by atoms with E-state index in [0.717, 1.165) is 38.5 Å². The third kappa shape index (κ3) is 59.5. The Bertz CT molecular complexity index is 127. The number of aliphatic hydroxyl groups is 4. The van der Waals surface area contributed by atoms with Crippen LogP contribution in [0.4, 0.5) is 4.79 Å². The minimum Gasteiger partial charge on any atom is -0.450 e. The van der Waals surface area contributed by atoms with E-state index in [9.17, 15) is 0 Å². The molecular formula is C11H26O7. The quantitative estimate of drug-likeness (QED) is 0.353. The number of hydrogen-bond donors (Lipinski definition) is 6. The first kappa shape index (κ1) is 22.3. The van der Waals surface area contributed by atoms with Crippen LogP contribution in [-0.4, -0.2) is 63.2 Å². The second-order valence-corrected chi connectivity index (χ2v) is 3.30. The summed E-state index contributed by atoms with van der Waals surface area (Å²) in [4.78, 5) is 8.56. The van der Waals surface area contributed by atoms with E-state index < -0.39 is 6.16 Å². The van der Waals surface area contributed by atoms with Crippen LogP contribution in [0.5, 0.6) is 0 Å². The molecule has 6 N–H and O–H groups in total. The standard InChI is InChI=1S/C6H14O2.C4H10O2.CH2O3/c7-5-3-1-2-4-6-8;5-3-1-2-4-6;2-1(3)4/h7-8H,1-6H2;5-6H,1-4H2;(H2,2,3,4). The third-order valence-electron chi connectivity index (χ3n) is 1.63. The van der Waals surface area contributed by atoms with E-state index >= 15 is 0 Å². The maximum atomic E-state index is 8.56. The van der Waals surface area contributed by atoms with Gasteiger partial charge in [0.1, 0.15) is 0 Å². The summed E-state index contributed by atoms with van der Waals surface area (Å²) in [6, 6.07) is 0. The normalized spacial score (nSPS) is 8.67. The Hall–Kier alpha value is -0.890. The molecule has 0 unspecified atom stereocenters. The fraction of sp³-hybridized carbons (Fsp3) is 0.909. The van der Waals surface area contributed by atoms with Gasteiger partial charge in [0.05, 0.1) is 0 Å². The molecule has 0 bridgehead atoms. The van der Waals surface area contributed by atoms with Gasteiger partial charge >= 0.3 is 6.16 Å². The van der Waals surface area contributed by atoms with Crippen molar-refractivity contribution in [2.75, 3.05) is 26.4 Å². The van der Waals surface area contributed by atoms with Crippen molar-refractivity contribution < 1.29 is 35.4 Å². The molecule has 18 heavy (non-hydrogen) atoms. The van der Waals surface area contributed by atoms with Crippen molar-refractivity contribution in [3.05, 3.63) is 0 Å². The summed E-state index contributed by atoms with van der Waals surface area (Å²) in [5.74, 6) is 0. The molecule has 0 aliphatic heterocycles. The largest absolute Gasteiger partial charge is 0.503 e. The second-order valence-electron chi connectivity index (χ2n) is 3.30. The van der Waals surface area contributed by atoms with Crippen molar-refractivity contribution in [2.45, 2.75) is 38.5 Å². The Labute approximate surface area is 107 Å². The van der Waals surface area contributed by atoms with Crippen LogP contribution in [0.3, 0.4) is 0 Å². The predicted molar refractivity (Wildman–Crippen MR) is 66.7 cm³/mol. The molecule has 7 nitrogen and oxygen atoms in total. The van der Waals surface area contributed by atoms with Crippen molar-refractivity contribution in [1.29, 1.82) is 0 Å². The Balaban J connectivity index is -0.000000200. The lowest BCUT2D eigenvalue weighted by molar-refractivity contribution is 0.137. The van der Waals surface area contributed by atoms with Crippen molar-refractivity contribution in [3.8, 4) is 0 Å². The highest BCUT2D eigenvalue weighted by molar-refractivity contribution is 5.53. The fourth-order valence-electron chi connectivity index (χ4n) is 0.801. The van der Waals surface area contributed by atoms with Crippen molar-refractivity contribution in [3.63, 3.8) is 0 Å². The van der Waals surface area contributed by atoms with Gasteiger partial charge in [-0.1, -0.05) is 12.8 Å². The summed E-state index contributed by atoms with van der Waals surface area (Å²) in [5.41, 5.74) is 0. The number of carbonyl (C=O) groups is 1. The van der Waals surface area contributed by atoms with Crippen LogP contribution in [0.25, 0.3) is 0 Å². The van der Waals surface area contributed by atoms with Gasteiger partial charge in [0.25, 0.3) is 0 Å². The molecule has 0 saturated heterocycles. The Kier molecular flexibility index (Phi) is 31.1. The highest BCUT2D eigenvalue weighted by atomic mass is 16.6. The Morgan fingerprint density at radius 1 is 0.556 bits per heavy atom. The van der Waals surface area contributed by atoms with E-state index in [4.69, 9.17) is 35.4 Å². The SMILES string of the molecule is O=C(O)O.OCCCCCCO.OCCCCO. The molecule has 0 aliphatic carbocycles. The fourth-order valence-corrected chi connectivity index (χ4v) is 0.801. The van der Waals surface area contributed by atoms with E-state index in [0.29, 0.717) is 0 Å². The topological polar surface area (TPSA) is 138 Å². The lowest BCUT2D eigenvalue weighted by atomic mass is 10.2. The van der Waals surface area contributed by atoms with Crippen LogP contribution in [0.1, 0.15) is 38.5 Å². The van der Waals surface area contributed by atoms with Gasteiger partial charge in [-0.25, -0.2) is 4.79 Å². The smallest absolute Gasteiger partial charge is 0.450 e. The first-order valence-electron chi connectivity index (χ1n) is 5.92. The van der Waals surface area contributed by atoms with Gasteiger partial charge in [0, 0.05) is 26.4 Å². The lowest BCUT2D eigenvalue weighted by Crippen LogP contribution is -1.85. The van der Waals surface area contributed by atoms with Crippen LogP contribution < -0.4 is 0 Å². The average molecular weight is 270 g/mol. The second kappa shape index (κ2) is 25.1. The third-order valence-corrected chi connectivity index (χ3v) is 1.63. The molecule has 0 amide bonds. The highest BCUT2D eigenvalue weighted by Crippen LogP contribution is 1.96. The molecule has 0 atom stereocenters. The molecule has 0 saturated carbocycles. The Morgan fingerprint density at radius 3 is 0.889 bits per heavy atom. The minimum absolute atomic E-state index is 0.195. The molecule has 0 aromatic heterocycles. The van der Waals surface area contributed by atoms with Gasteiger partial charge in [-0.05, 0) is 25.7 Å². The van der Waals surface area contributed by atoms with Crippen molar-refractivity contribution in [1.82, 2.24) is 0 Å². The summed E-state index contributed by atoms with van der Waals surface area (Å²) in [5, 5.41) is 46.7. The molecule has 0 rings (SSSR count). The maximum absolute atomic E-state index is 8.56. The minimum atomic E-state index is -1.83. The summed E-state index contributed by atoms with van der Waals surface area (Å²) in [6.07, 6.45) is 3.43. The average Bonchev–Trinajstić information content (AvgIpc) is 2.32. The first-order valence-corrected chi connectivity index (χ1v) is 5.92. The monoisotopic (exact) mass is 270 g/mol. The maximum Gasteiger partial charge on any atom is 0.503 e. The molecule has 112 valence electrons. The van der Waals surface area contributed by atoms with Gasteiger partial charge in [-0.2, -0.15) is 0 Å².